The minimum Gasteiger partial charge on any atom is -0.259 e. The Morgan fingerprint density at radius 1 is 1.70 bits per heavy atom. The van der Waals surface area contributed by atoms with E-state index in [1.807, 2.05) is 6.92 Å². The molecule has 10 heavy (non-hydrogen) atoms. The van der Waals surface area contributed by atoms with Crippen LogP contribution in [0, 0.1) is 10.1 Å². The summed E-state index contributed by atoms with van der Waals surface area (Å²) < 4.78 is 0. The Labute approximate surface area is 60.2 Å². The molecule has 0 saturated carbocycles. The quantitative estimate of drug-likeness (QED) is 0.343. The second kappa shape index (κ2) is 4.73. The smallest absolute Gasteiger partial charge is 0.245 e. The fraction of sp³-hybridized carbons (Fsp3) is 0.429. The predicted molar refractivity (Wildman–Crippen MR) is 40.2 cm³/mol. The van der Waals surface area contributed by atoms with Gasteiger partial charge in [0.25, 0.3) is 0 Å². The SMILES string of the molecule is C/C=C/C=C(\CC)[N+](=O)[O-]. The Morgan fingerprint density at radius 3 is 2.60 bits per heavy atom. The van der Waals surface area contributed by atoms with Gasteiger partial charge in [-0.05, 0) is 6.92 Å². The van der Waals surface area contributed by atoms with E-state index < -0.39 is 0 Å². The maximum absolute atomic E-state index is 10.1. The summed E-state index contributed by atoms with van der Waals surface area (Å²) in [6.45, 7) is 3.59. The first-order chi connectivity index (χ1) is 4.72. The minimum atomic E-state index is -0.361. The van der Waals surface area contributed by atoms with Crippen molar-refractivity contribution < 1.29 is 4.92 Å². The molecule has 0 rings (SSSR count). The van der Waals surface area contributed by atoms with Gasteiger partial charge in [-0.15, -0.1) is 0 Å². The number of nitro groups is 1. The average Bonchev–Trinajstić information content (AvgIpc) is 1.89. The van der Waals surface area contributed by atoms with E-state index in [1.54, 1.807) is 19.1 Å². The Morgan fingerprint density at radius 2 is 2.30 bits per heavy atom. The van der Waals surface area contributed by atoms with Crippen molar-refractivity contribution in [2.24, 2.45) is 0 Å². The molecule has 0 fully saturated rings. The van der Waals surface area contributed by atoms with Crippen molar-refractivity contribution in [3.8, 4) is 0 Å². The van der Waals surface area contributed by atoms with Gasteiger partial charge in [-0.25, -0.2) is 0 Å². The highest BCUT2D eigenvalue weighted by atomic mass is 16.6. The lowest BCUT2D eigenvalue weighted by Gasteiger charge is -1.88. The van der Waals surface area contributed by atoms with E-state index in [4.69, 9.17) is 0 Å². The summed E-state index contributed by atoms with van der Waals surface area (Å²) in [7, 11) is 0. The second-order valence-electron chi connectivity index (χ2n) is 1.79. The molecule has 3 nitrogen and oxygen atoms in total. The van der Waals surface area contributed by atoms with Crippen LogP contribution in [0.2, 0.25) is 0 Å². The lowest BCUT2D eigenvalue weighted by Crippen LogP contribution is -1.95. The highest BCUT2D eigenvalue weighted by Gasteiger charge is 2.03. The number of nitrogens with zero attached hydrogens (tertiary/aromatic N) is 1. The van der Waals surface area contributed by atoms with Gasteiger partial charge >= 0.3 is 0 Å². The summed E-state index contributed by atoms with van der Waals surface area (Å²) in [6.07, 6.45) is 5.41. The maximum Gasteiger partial charge on any atom is 0.245 e. The van der Waals surface area contributed by atoms with Crippen molar-refractivity contribution in [3.05, 3.63) is 34.0 Å². The number of hydrogen-bond acceptors (Lipinski definition) is 2. The molecule has 0 atom stereocenters. The summed E-state index contributed by atoms with van der Waals surface area (Å²) in [5.41, 5.74) is 0.248. The van der Waals surface area contributed by atoms with Crippen LogP contribution in [0.3, 0.4) is 0 Å². The van der Waals surface area contributed by atoms with Gasteiger partial charge in [-0.2, -0.15) is 0 Å². The van der Waals surface area contributed by atoms with Crippen molar-refractivity contribution in [2.75, 3.05) is 0 Å². The molecule has 0 aromatic heterocycles. The lowest BCUT2D eigenvalue weighted by molar-refractivity contribution is -0.427. The first-order valence-corrected chi connectivity index (χ1v) is 3.18. The number of hydrogen-bond donors (Lipinski definition) is 0. The van der Waals surface area contributed by atoms with Gasteiger partial charge in [0.05, 0.1) is 4.92 Å². The Hall–Kier alpha value is -1.12. The van der Waals surface area contributed by atoms with Crippen LogP contribution in [0.5, 0.6) is 0 Å². The highest BCUT2D eigenvalue weighted by molar-refractivity contribution is 5.05. The van der Waals surface area contributed by atoms with Crippen LogP contribution < -0.4 is 0 Å². The molecule has 0 aliphatic carbocycles. The van der Waals surface area contributed by atoms with Crippen LogP contribution in [0.1, 0.15) is 20.3 Å². The van der Waals surface area contributed by atoms with Gasteiger partial charge in [-0.1, -0.05) is 19.1 Å². The van der Waals surface area contributed by atoms with E-state index in [0.29, 0.717) is 6.42 Å². The molecule has 3 heteroatoms. The standard InChI is InChI=1S/C7H11NO2/c1-3-5-6-7(4-2)8(9)10/h3,5-6H,4H2,1-2H3/b5-3+,7-6+. The molecule has 0 spiro atoms. The fourth-order valence-corrected chi connectivity index (χ4v) is 0.515. The topological polar surface area (TPSA) is 43.1 Å². The van der Waals surface area contributed by atoms with E-state index in [2.05, 4.69) is 0 Å². The van der Waals surface area contributed by atoms with E-state index in [-0.39, 0.29) is 10.6 Å². The summed E-state index contributed by atoms with van der Waals surface area (Å²) in [5.74, 6) is 0. The molecule has 0 heterocycles. The minimum absolute atomic E-state index is 0.248. The zero-order chi connectivity index (χ0) is 7.98. The van der Waals surface area contributed by atoms with Crippen LogP contribution in [-0.4, -0.2) is 4.92 Å². The van der Waals surface area contributed by atoms with Gasteiger partial charge in [0, 0.05) is 12.5 Å². The first-order valence-electron chi connectivity index (χ1n) is 3.18. The normalized spacial score (nSPS) is 12.4. The number of rotatable bonds is 3. The molecule has 0 aliphatic heterocycles. The zero-order valence-electron chi connectivity index (χ0n) is 6.20. The molecule has 0 bridgehead atoms. The van der Waals surface area contributed by atoms with Crippen molar-refractivity contribution >= 4 is 0 Å². The maximum atomic E-state index is 10.1. The summed E-state index contributed by atoms with van der Waals surface area (Å²) in [5, 5.41) is 10.1. The summed E-state index contributed by atoms with van der Waals surface area (Å²) in [6, 6.07) is 0. The average molecular weight is 141 g/mol. The molecule has 0 aliphatic rings. The van der Waals surface area contributed by atoms with Crippen LogP contribution in [-0.2, 0) is 0 Å². The van der Waals surface area contributed by atoms with Crippen LogP contribution in [0.4, 0.5) is 0 Å². The molecule has 0 unspecified atom stereocenters. The molecule has 0 N–H and O–H groups in total. The Kier molecular flexibility index (Phi) is 4.20. The van der Waals surface area contributed by atoms with Gasteiger partial charge in [0.1, 0.15) is 0 Å². The van der Waals surface area contributed by atoms with Crippen LogP contribution in [0.15, 0.2) is 23.9 Å². The second-order valence-corrected chi connectivity index (χ2v) is 1.79. The third kappa shape index (κ3) is 3.02. The largest absolute Gasteiger partial charge is 0.259 e. The lowest BCUT2D eigenvalue weighted by atomic mass is 10.3. The van der Waals surface area contributed by atoms with E-state index in [9.17, 15) is 10.1 Å². The predicted octanol–water partition coefficient (Wildman–Crippen LogP) is 2.13. The summed E-state index contributed by atoms with van der Waals surface area (Å²) >= 11 is 0. The fourth-order valence-electron chi connectivity index (χ4n) is 0.515. The summed E-state index contributed by atoms with van der Waals surface area (Å²) in [4.78, 5) is 9.78. The number of allylic oxidation sites excluding steroid dienone is 4. The van der Waals surface area contributed by atoms with Gasteiger partial charge in [0.2, 0.25) is 5.70 Å². The first kappa shape index (κ1) is 8.88. The molecule has 0 aromatic carbocycles. The van der Waals surface area contributed by atoms with E-state index in [1.165, 1.54) is 6.08 Å². The van der Waals surface area contributed by atoms with Gasteiger partial charge in [-0.3, -0.25) is 10.1 Å². The molecule has 56 valence electrons. The van der Waals surface area contributed by atoms with Crippen molar-refractivity contribution in [2.45, 2.75) is 20.3 Å². The van der Waals surface area contributed by atoms with Crippen molar-refractivity contribution in [1.82, 2.24) is 0 Å². The van der Waals surface area contributed by atoms with Gasteiger partial charge < -0.3 is 0 Å². The monoisotopic (exact) mass is 141 g/mol. The van der Waals surface area contributed by atoms with Crippen LogP contribution in [0.25, 0.3) is 0 Å². The van der Waals surface area contributed by atoms with Crippen molar-refractivity contribution in [1.29, 1.82) is 0 Å². The molecule has 0 aromatic rings. The van der Waals surface area contributed by atoms with Crippen molar-refractivity contribution in [3.63, 3.8) is 0 Å². The molecule has 0 saturated heterocycles. The molecular weight excluding hydrogens is 130 g/mol. The molecule has 0 radical (unpaired) electrons. The van der Waals surface area contributed by atoms with Gasteiger partial charge in [0.15, 0.2) is 0 Å². The highest BCUT2D eigenvalue weighted by Crippen LogP contribution is 2.00. The van der Waals surface area contributed by atoms with E-state index in [0.717, 1.165) is 0 Å². The third-order valence-electron chi connectivity index (χ3n) is 1.08. The van der Waals surface area contributed by atoms with E-state index >= 15 is 0 Å². The third-order valence-corrected chi connectivity index (χ3v) is 1.08. The Balaban J connectivity index is 4.18. The molecular formula is C7H11NO2. The van der Waals surface area contributed by atoms with Crippen LogP contribution >= 0.6 is 0 Å². The Bertz CT molecular complexity index is 170. The molecule has 0 amide bonds. The zero-order valence-corrected chi connectivity index (χ0v) is 6.20.